The van der Waals surface area contributed by atoms with Gasteiger partial charge in [-0.05, 0) is 64.8 Å². The molecular formula is C12H23F3N2. The molecule has 0 aromatic rings. The van der Waals surface area contributed by atoms with Gasteiger partial charge in [0.05, 0.1) is 0 Å². The van der Waals surface area contributed by atoms with Crippen LogP contribution in [0.25, 0.3) is 0 Å². The summed E-state index contributed by atoms with van der Waals surface area (Å²) in [5.74, 6) is 0.703. The first kappa shape index (κ1) is 14.8. The molecule has 5 heteroatoms. The molecule has 0 amide bonds. The fourth-order valence-electron chi connectivity index (χ4n) is 2.15. The molecular weight excluding hydrogens is 229 g/mol. The smallest absolute Gasteiger partial charge is 0.316 e. The number of halogens is 3. The molecule has 1 N–H and O–H groups in total. The Kier molecular flexibility index (Phi) is 6.27. The van der Waals surface area contributed by atoms with Gasteiger partial charge in [-0.25, -0.2) is 0 Å². The normalized spacial score (nSPS) is 19.8. The summed E-state index contributed by atoms with van der Waals surface area (Å²) in [6.07, 6.45) is -1.38. The SMILES string of the molecule is CN1CCC(CNCCCCC(F)(F)F)CC1. The molecule has 0 saturated carbocycles. The molecule has 1 aliphatic rings. The monoisotopic (exact) mass is 252 g/mol. The molecule has 1 fully saturated rings. The number of alkyl halides is 3. The van der Waals surface area contributed by atoms with Crippen molar-refractivity contribution in [3.8, 4) is 0 Å². The lowest BCUT2D eigenvalue weighted by Crippen LogP contribution is -2.35. The summed E-state index contributed by atoms with van der Waals surface area (Å²) < 4.78 is 35.6. The maximum Gasteiger partial charge on any atom is 0.389 e. The summed E-state index contributed by atoms with van der Waals surface area (Å²) in [5, 5.41) is 3.27. The summed E-state index contributed by atoms with van der Waals surface area (Å²) >= 11 is 0. The molecule has 1 heterocycles. The number of nitrogens with one attached hydrogen (secondary N) is 1. The van der Waals surface area contributed by atoms with E-state index in [1.54, 1.807) is 0 Å². The third kappa shape index (κ3) is 7.60. The van der Waals surface area contributed by atoms with Crippen LogP contribution in [0.4, 0.5) is 13.2 Å². The fourth-order valence-corrected chi connectivity index (χ4v) is 2.15. The van der Waals surface area contributed by atoms with Crippen molar-refractivity contribution >= 4 is 0 Å². The zero-order valence-corrected chi connectivity index (χ0v) is 10.5. The van der Waals surface area contributed by atoms with Gasteiger partial charge in [0.2, 0.25) is 0 Å². The predicted octanol–water partition coefficient (Wildman–Crippen LogP) is 2.65. The van der Waals surface area contributed by atoms with Crippen LogP contribution in [0, 0.1) is 5.92 Å². The number of piperidine rings is 1. The standard InChI is InChI=1S/C12H23F3N2/c1-17-8-4-11(5-9-17)10-16-7-3-2-6-12(13,14)15/h11,16H,2-10H2,1H3. The van der Waals surface area contributed by atoms with Gasteiger partial charge in [-0.1, -0.05) is 0 Å². The first-order chi connectivity index (χ1) is 7.97. The van der Waals surface area contributed by atoms with Crippen LogP contribution in [-0.2, 0) is 0 Å². The van der Waals surface area contributed by atoms with Gasteiger partial charge in [0, 0.05) is 6.42 Å². The lowest BCUT2D eigenvalue weighted by atomic mass is 9.97. The average Bonchev–Trinajstić information content (AvgIpc) is 2.24. The van der Waals surface area contributed by atoms with Gasteiger partial charge < -0.3 is 10.2 Å². The zero-order valence-electron chi connectivity index (χ0n) is 10.5. The van der Waals surface area contributed by atoms with E-state index in [1.807, 2.05) is 0 Å². The van der Waals surface area contributed by atoms with Crippen LogP contribution in [-0.4, -0.2) is 44.3 Å². The van der Waals surface area contributed by atoms with Crippen LogP contribution < -0.4 is 5.32 Å². The first-order valence-electron chi connectivity index (χ1n) is 6.43. The molecule has 0 spiro atoms. The minimum atomic E-state index is -3.99. The summed E-state index contributed by atoms with van der Waals surface area (Å²) in [6, 6.07) is 0. The Hall–Kier alpha value is -0.290. The minimum absolute atomic E-state index is 0.240. The van der Waals surface area contributed by atoms with Crippen molar-refractivity contribution in [2.75, 3.05) is 33.2 Å². The van der Waals surface area contributed by atoms with Gasteiger partial charge in [-0.3, -0.25) is 0 Å². The third-order valence-corrected chi connectivity index (χ3v) is 3.33. The topological polar surface area (TPSA) is 15.3 Å². The van der Waals surface area contributed by atoms with E-state index < -0.39 is 12.6 Å². The van der Waals surface area contributed by atoms with E-state index in [-0.39, 0.29) is 6.42 Å². The van der Waals surface area contributed by atoms with Crippen molar-refractivity contribution in [1.82, 2.24) is 10.2 Å². The first-order valence-corrected chi connectivity index (χ1v) is 6.43. The summed E-state index contributed by atoms with van der Waals surface area (Å²) in [7, 11) is 2.13. The molecule has 2 nitrogen and oxygen atoms in total. The highest BCUT2D eigenvalue weighted by atomic mass is 19.4. The third-order valence-electron chi connectivity index (χ3n) is 3.33. The lowest BCUT2D eigenvalue weighted by molar-refractivity contribution is -0.135. The van der Waals surface area contributed by atoms with E-state index in [2.05, 4.69) is 17.3 Å². The minimum Gasteiger partial charge on any atom is -0.316 e. The van der Waals surface area contributed by atoms with Gasteiger partial charge in [0.15, 0.2) is 0 Å². The van der Waals surface area contributed by atoms with Crippen molar-refractivity contribution in [3.05, 3.63) is 0 Å². The Labute approximate surface area is 102 Å². The van der Waals surface area contributed by atoms with Crippen LogP contribution in [0.3, 0.4) is 0 Å². The van der Waals surface area contributed by atoms with Gasteiger partial charge >= 0.3 is 6.18 Å². The highest BCUT2D eigenvalue weighted by Crippen LogP contribution is 2.21. The Morgan fingerprint density at radius 3 is 2.41 bits per heavy atom. The predicted molar refractivity (Wildman–Crippen MR) is 63.0 cm³/mol. The number of hydrogen-bond acceptors (Lipinski definition) is 2. The number of rotatable bonds is 6. The maximum absolute atomic E-state index is 11.9. The molecule has 1 saturated heterocycles. The molecule has 0 radical (unpaired) electrons. The molecule has 0 atom stereocenters. The summed E-state index contributed by atoms with van der Waals surface area (Å²) in [5.41, 5.74) is 0. The number of likely N-dealkylation sites (tertiary alicyclic amines) is 1. The molecule has 0 bridgehead atoms. The summed E-state index contributed by atoms with van der Waals surface area (Å²) in [6.45, 7) is 3.95. The van der Waals surface area contributed by atoms with Crippen molar-refractivity contribution in [1.29, 1.82) is 0 Å². The van der Waals surface area contributed by atoms with Crippen molar-refractivity contribution in [2.45, 2.75) is 38.3 Å². The molecule has 17 heavy (non-hydrogen) atoms. The average molecular weight is 252 g/mol. The Morgan fingerprint density at radius 2 is 1.82 bits per heavy atom. The second-order valence-electron chi connectivity index (χ2n) is 5.02. The summed E-state index contributed by atoms with van der Waals surface area (Å²) in [4.78, 5) is 2.32. The van der Waals surface area contributed by atoms with Gasteiger partial charge in [0.1, 0.15) is 0 Å². The molecule has 102 valence electrons. The van der Waals surface area contributed by atoms with Crippen LogP contribution >= 0.6 is 0 Å². The van der Waals surface area contributed by atoms with Crippen LogP contribution in [0.2, 0.25) is 0 Å². The van der Waals surface area contributed by atoms with Crippen molar-refractivity contribution in [3.63, 3.8) is 0 Å². The van der Waals surface area contributed by atoms with E-state index in [1.165, 1.54) is 12.8 Å². The number of hydrogen-bond donors (Lipinski definition) is 1. The van der Waals surface area contributed by atoms with E-state index >= 15 is 0 Å². The Morgan fingerprint density at radius 1 is 1.18 bits per heavy atom. The molecule has 0 unspecified atom stereocenters. The van der Waals surface area contributed by atoms with Crippen molar-refractivity contribution < 1.29 is 13.2 Å². The van der Waals surface area contributed by atoms with Crippen LogP contribution in [0.1, 0.15) is 32.1 Å². The maximum atomic E-state index is 11.9. The van der Waals surface area contributed by atoms with Crippen molar-refractivity contribution in [2.24, 2.45) is 5.92 Å². The van der Waals surface area contributed by atoms with Gasteiger partial charge in [-0.2, -0.15) is 13.2 Å². The van der Waals surface area contributed by atoms with Gasteiger partial charge in [-0.15, -0.1) is 0 Å². The van der Waals surface area contributed by atoms with E-state index in [0.29, 0.717) is 18.9 Å². The van der Waals surface area contributed by atoms with Crippen LogP contribution in [0.15, 0.2) is 0 Å². The lowest BCUT2D eigenvalue weighted by Gasteiger charge is -2.29. The zero-order chi connectivity index (χ0) is 12.7. The molecule has 1 rings (SSSR count). The largest absolute Gasteiger partial charge is 0.389 e. The van der Waals surface area contributed by atoms with E-state index in [0.717, 1.165) is 19.6 Å². The van der Waals surface area contributed by atoms with Gasteiger partial charge in [0.25, 0.3) is 0 Å². The molecule has 0 aliphatic carbocycles. The second-order valence-corrected chi connectivity index (χ2v) is 5.02. The fraction of sp³-hybridized carbons (Fsp3) is 1.00. The number of unbranched alkanes of at least 4 members (excludes halogenated alkanes) is 1. The molecule has 0 aromatic carbocycles. The van der Waals surface area contributed by atoms with E-state index in [9.17, 15) is 13.2 Å². The highest BCUT2D eigenvalue weighted by Gasteiger charge is 2.25. The number of nitrogens with zero attached hydrogens (tertiary/aromatic N) is 1. The quantitative estimate of drug-likeness (QED) is 0.731. The second kappa shape index (κ2) is 7.21. The highest BCUT2D eigenvalue weighted by molar-refractivity contribution is 4.71. The van der Waals surface area contributed by atoms with E-state index in [4.69, 9.17) is 0 Å². The Bertz CT molecular complexity index is 198. The van der Waals surface area contributed by atoms with Crippen LogP contribution in [0.5, 0.6) is 0 Å². The Balaban J connectivity index is 1.91. The molecule has 0 aromatic heterocycles. The molecule has 1 aliphatic heterocycles.